The van der Waals surface area contributed by atoms with Gasteiger partial charge < -0.3 is 5.11 Å². The summed E-state index contributed by atoms with van der Waals surface area (Å²) in [7, 11) is 0. The quantitative estimate of drug-likeness (QED) is 0.864. The van der Waals surface area contributed by atoms with Crippen LogP contribution in [0.5, 0.6) is 0 Å². The summed E-state index contributed by atoms with van der Waals surface area (Å²) < 4.78 is 0. The molecule has 0 bridgehead atoms. The first kappa shape index (κ1) is 12.6. The zero-order valence-electron chi connectivity index (χ0n) is 10.9. The van der Waals surface area contributed by atoms with Gasteiger partial charge in [-0.1, -0.05) is 36.4 Å². The van der Waals surface area contributed by atoms with Crippen LogP contribution in [0.4, 0.5) is 0 Å². The van der Waals surface area contributed by atoms with Crippen LogP contribution in [0.1, 0.15) is 41.2 Å². The van der Waals surface area contributed by atoms with E-state index in [1.165, 1.54) is 23.1 Å². The molecule has 1 atom stereocenters. The zero-order valence-corrected chi connectivity index (χ0v) is 11.7. The third-order valence-electron chi connectivity index (χ3n) is 3.86. The number of allylic oxidation sites excluding steroid dienone is 2. The van der Waals surface area contributed by atoms with Crippen molar-refractivity contribution in [3.63, 3.8) is 0 Å². The minimum Gasteiger partial charge on any atom is -0.391 e. The summed E-state index contributed by atoms with van der Waals surface area (Å²) in [4.78, 5) is 1.06. The molecule has 98 valence electrons. The fourth-order valence-electron chi connectivity index (χ4n) is 2.76. The summed E-state index contributed by atoms with van der Waals surface area (Å²) in [6.45, 7) is 0.157. The van der Waals surface area contributed by atoms with Gasteiger partial charge in [-0.25, -0.2) is 0 Å². The van der Waals surface area contributed by atoms with Gasteiger partial charge in [-0.2, -0.15) is 0 Å². The van der Waals surface area contributed by atoms with Crippen molar-refractivity contribution in [2.75, 3.05) is 0 Å². The first-order chi connectivity index (χ1) is 9.36. The Balaban J connectivity index is 1.73. The van der Waals surface area contributed by atoms with Crippen LogP contribution in [0.3, 0.4) is 0 Å². The number of rotatable bonds is 3. The van der Waals surface area contributed by atoms with Crippen LogP contribution in [0, 0.1) is 0 Å². The molecular weight excluding hydrogens is 252 g/mol. The highest BCUT2D eigenvalue weighted by Crippen LogP contribution is 2.36. The SMILES string of the molecule is OCc1cc(C2=CCC(c3ccccc3)CC2)cs1. The molecule has 0 amide bonds. The van der Waals surface area contributed by atoms with Crippen LogP contribution >= 0.6 is 11.3 Å². The van der Waals surface area contributed by atoms with Crippen LogP contribution in [0.25, 0.3) is 5.57 Å². The third-order valence-corrected chi connectivity index (χ3v) is 4.78. The Bertz CT molecular complexity index is 568. The molecular formula is C17H18OS. The lowest BCUT2D eigenvalue weighted by atomic mass is 9.83. The van der Waals surface area contributed by atoms with Crippen molar-refractivity contribution >= 4 is 16.9 Å². The van der Waals surface area contributed by atoms with E-state index in [0.29, 0.717) is 5.92 Å². The average molecular weight is 270 g/mol. The van der Waals surface area contributed by atoms with E-state index >= 15 is 0 Å². The van der Waals surface area contributed by atoms with Crippen molar-refractivity contribution in [2.24, 2.45) is 0 Å². The van der Waals surface area contributed by atoms with Crippen LogP contribution in [0.2, 0.25) is 0 Å². The second-order valence-electron chi connectivity index (χ2n) is 5.07. The summed E-state index contributed by atoms with van der Waals surface area (Å²) >= 11 is 1.65. The Morgan fingerprint density at radius 3 is 2.68 bits per heavy atom. The molecule has 1 aliphatic carbocycles. The minimum absolute atomic E-state index is 0.157. The number of hydrogen-bond donors (Lipinski definition) is 1. The smallest absolute Gasteiger partial charge is 0.0774 e. The molecule has 0 radical (unpaired) electrons. The third kappa shape index (κ3) is 2.80. The summed E-state index contributed by atoms with van der Waals surface area (Å²) in [5.41, 5.74) is 4.21. The topological polar surface area (TPSA) is 20.2 Å². The lowest BCUT2D eigenvalue weighted by Crippen LogP contribution is -2.03. The minimum atomic E-state index is 0.157. The molecule has 1 N–H and O–H groups in total. The number of thiophene rings is 1. The summed E-state index contributed by atoms with van der Waals surface area (Å²) in [6.07, 6.45) is 5.87. The molecule has 19 heavy (non-hydrogen) atoms. The summed E-state index contributed by atoms with van der Waals surface area (Å²) in [5.74, 6) is 0.667. The molecule has 1 nitrogen and oxygen atoms in total. The second-order valence-corrected chi connectivity index (χ2v) is 6.07. The monoisotopic (exact) mass is 270 g/mol. The van der Waals surface area contributed by atoms with Gasteiger partial charge in [0.1, 0.15) is 0 Å². The first-order valence-electron chi connectivity index (χ1n) is 6.79. The molecule has 0 aliphatic heterocycles. The maximum absolute atomic E-state index is 9.13. The molecule has 0 fully saturated rings. The first-order valence-corrected chi connectivity index (χ1v) is 7.67. The summed E-state index contributed by atoms with van der Waals surface area (Å²) in [6, 6.07) is 12.9. The maximum atomic E-state index is 9.13. The average Bonchev–Trinajstić information content (AvgIpc) is 2.97. The molecule has 1 aromatic carbocycles. The highest BCUT2D eigenvalue weighted by Gasteiger charge is 2.17. The Kier molecular flexibility index (Phi) is 3.81. The lowest BCUT2D eigenvalue weighted by Gasteiger charge is -2.22. The van der Waals surface area contributed by atoms with Gasteiger partial charge in [-0.3, -0.25) is 0 Å². The summed E-state index contributed by atoms with van der Waals surface area (Å²) in [5, 5.41) is 11.3. The molecule has 2 aromatic rings. The number of benzene rings is 1. The number of hydrogen-bond acceptors (Lipinski definition) is 2. The molecule has 3 rings (SSSR count). The molecule has 1 aliphatic rings. The lowest BCUT2D eigenvalue weighted by molar-refractivity contribution is 0.285. The number of aliphatic hydroxyl groups excluding tert-OH is 1. The molecule has 0 saturated heterocycles. The van der Waals surface area contributed by atoms with Crippen molar-refractivity contribution in [1.29, 1.82) is 0 Å². The maximum Gasteiger partial charge on any atom is 0.0774 e. The van der Waals surface area contributed by atoms with Gasteiger partial charge in [0.25, 0.3) is 0 Å². The van der Waals surface area contributed by atoms with E-state index in [1.54, 1.807) is 11.3 Å². The normalized spacial score (nSPS) is 19.2. The van der Waals surface area contributed by atoms with Gasteiger partial charge in [0.15, 0.2) is 0 Å². The highest BCUT2D eigenvalue weighted by atomic mass is 32.1. The largest absolute Gasteiger partial charge is 0.391 e. The van der Waals surface area contributed by atoms with Crippen molar-refractivity contribution < 1.29 is 5.11 Å². The van der Waals surface area contributed by atoms with Crippen LogP contribution in [0.15, 0.2) is 47.9 Å². The van der Waals surface area contributed by atoms with Crippen molar-refractivity contribution in [1.82, 2.24) is 0 Å². The Hall–Kier alpha value is -1.38. The van der Waals surface area contributed by atoms with Crippen molar-refractivity contribution in [2.45, 2.75) is 31.8 Å². The van der Waals surface area contributed by atoms with Crippen LogP contribution in [-0.4, -0.2) is 5.11 Å². The molecule has 1 aromatic heterocycles. The van der Waals surface area contributed by atoms with Crippen LogP contribution < -0.4 is 0 Å². The van der Waals surface area contributed by atoms with E-state index in [-0.39, 0.29) is 6.61 Å². The molecule has 0 saturated carbocycles. The highest BCUT2D eigenvalue weighted by molar-refractivity contribution is 7.10. The van der Waals surface area contributed by atoms with Gasteiger partial charge in [0.05, 0.1) is 6.61 Å². The zero-order chi connectivity index (χ0) is 13.1. The van der Waals surface area contributed by atoms with Crippen molar-refractivity contribution in [3.05, 3.63) is 63.9 Å². The fourth-order valence-corrected chi connectivity index (χ4v) is 3.52. The fraction of sp³-hybridized carbons (Fsp3) is 0.294. The van der Waals surface area contributed by atoms with E-state index in [4.69, 9.17) is 5.11 Å². The molecule has 0 spiro atoms. The number of aliphatic hydroxyl groups is 1. The van der Waals surface area contributed by atoms with Gasteiger partial charge in [0, 0.05) is 4.88 Å². The predicted octanol–water partition coefficient (Wildman–Crippen LogP) is 4.59. The van der Waals surface area contributed by atoms with Crippen LogP contribution in [-0.2, 0) is 6.61 Å². The van der Waals surface area contributed by atoms with Gasteiger partial charge in [-0.05, 0) is 53.3 Å². The standard InChI is InChI=1S/C17H18OS/c18-11-17-10-16(12-19-17)15-8-6-14(7-9-15)13-4-2-1-3-5-13/h1-5,8,10,12,14,18H,6-7,9,11H2. The molecule has 1 heterocycles. The molecule has 1 unspecified atom stereocenters. The van der Waals surface area contributed by atoms with E-state index in [0.717, 1.165) is 17.7 Å². The van der Waals surface area contributed by atoms with E-state index < -0.39 is 0 Å². The van der Waals surface area contributed by atoms with Gasteiger partial charge in [-0.15, -0.1) is 11.3 Å². The van der Waals surface area contributed by atoms with E-state index in [2.05, 4.69) is 47.9 Å². The van der Waals surface area contributed by atoms with Gasteiger partial charge >= 0.3 is 0 Å². The Labute approximate surface area is 118 Å². The predicted molar refractivity (Wildman–Crippen MR) is 81.3 cm³/mol. The second kappa shape index (κ2) is 5.72. The van der Waals surface area contributed by atoms with E-state index in [9.17, 15) is 0 Å². The Morgan fingerprint density at radius 1 is 1.21 bits per heavy atom. The van der Waals surface area contributed by atoms with Crippen molar-refractivity contribution in [3.8, 4) is 0 Å². The van der Waals surface area contributed by atoms with E-state index in [1.807, 2.05) is 0 Å². The Morgan fingerprint density at radius 2 is 2.05 bits per heavy atom. The van der Waals surface area contributed by atoms with Gasteiger partial charge in [0.2, 0.25) is 0 Å². The molecule has 2 heteroatoms.